The number of hydrogen-bond donors (Lipinski definition) is 1. The molecule has 0 aromatic heterocycles. The van der Waals surface area contributed by atoms with E-state index in [9.17, 15) is 14.7 Å². The minimum atomic E-state index is -1.18. The van der Waals surface area contributed by atoms with Crippen LogP contribution >= 0.6 is 11.6 Å². The lowest BCUT2D eigenvalue weighted by molar-refractivity contribution is -0.00501. The third kappa shape index (κ3) is 3.97. The van der Waals surface area contributed by atoms with E-state index in [1.807, 2.05) is 6.92 Å². The molecular weight excluding hydrogens is 280 g/mol. The van der Waals surface area contributed by atoms with Crippen molar-refractivity contribution in [2.24, 2.45) is 0 Å². The number of carbonyl (C=O) groups is 2. The van der Waals surface area contributed by atoms with E-state index in [4.69, 9.17) is 16.3 Å². The SMILES string of the molecule is CCCC(C)(C)OC(=O)c1cc(Cl)c(C)cc1C(=O)O. The Morgan fingerprint density at radius 2 is 1.90 bits per heavy atom. The van der Waals surface area contributed by atoms with Crippen LogP contribution in [0.15, 0.2) is 12.1 Å². The summed E-state index contributed by atoms with van der Waals surface area (Å²) in [6, 6.07) is 2.73. The number of carboxylic acids is 1. The number of aromatic carboxylic acids is 1. The van der Waals surface area contributed by atoms with Gasteiger partial charge in [0.05, 0.1) is 11.1 Å². The minimum absolute atomic E-state index is 0.0164. The van der Waals surface area contributed by atoms with Gasteiger partial charge in [-0.15, -0.1) is 0 Å². The number of esters is 1. The van der Waals surface area contributed by atoms with Crippen molar-refractivity contribution in [3.63, 3.8) is 0 Å². The van der Waals surface area contributed by atoms with Crippen molar-refractivity contribution in [3.05, 3.63) is 33.8 Å². The number of carboxylic acid groups (broad SMARTS) is 1. The van der Waals surface area contributed by atoms with Gasteiger partial charge in [-0.25, -0.2) is 9.59 Å². The van der Waals surface area contributed by atoms with Gasteiger partial charge >= 0.3 is 11.9 Å². The van der Waals surface area contributed by atoms with Gasteiger partial charge in [0, 0.05) is 5.02 Å². The third-order valence-corrected chi connectivity index (χ3v) is 3.38. The van der Waals surface area contributed by atoms with Crippen LogP contribution in [0, 0.1) is 6.92 Å². The zero-order chi connectivity index (χ0) is 15.5. The fraction of sp³-hybridized carbons (Fsp3) is 0.467. The summed E-state index contributed by atoms with van der Waals surface area (Å²) in [6.07, 6.45) is 1.56. The molecule has 4 nitrogen and oxygen atoms in total. The number of benzene rings is 1. The molecule has 20 heavy (non-hydrogen) atoms. The van der Waals surface area contributed by atoms with Crippen molar-refractivity contribution in [2.75, 3.05) is 0 Å². The first-order valence-corrected chi connectivity index (χ1v) is 6.82. The average molecular weight is 299 g/mol. The van der Waals surface area contributed by atoms with Crippen molar-refractivity contribution in [3.8, 4) is 0 Å². The highest BCUT2D eigenvalue weighted by Crippen LogP contribution is 2.25. The fourth-order valence-electron chi connectivity index (χ4n) is 1.99. The van der Waals surface area contributed by atoms with Gasteiger partial charge < -0.3 is 9.84 Å². The van der Waals surface area contributed by atoms with Crippen LogP contribution in [-0.2, 0) is 4.74 Å². The molecule has 0 atom stereocenters. The second-order valence-electron chi connectivity index (χ2n) is 5.35. The Balaban J connectivity index is 3.15. The molecule has 0 aliphatic heterocycles. The molecule has 0 aliphatic rings. The number of carbonyl (C=O) groups excluding carboxylic acids is 1. The minimum Gasteiger partial charge on any atom is -0.478 e. The van der Waals surface area contributed by atoms with Crippen LogP contribution in [0.3, 0.4) is 0 Å². The molecule has 0 heterocycles. The van der Waals surface area contributed by atoms with Crippen molar-refractivity contribution >= 4 is 23.5 Å². The molecule has 0 aliphatic carbocycles. The van der Waals surface area contributed by atoms with Crippen LogP contribution < -0.4 is 0 Å². The van der Waals surface area contributed by atoms with Gasteiger partial charge in [-0.3, -0.25) is 0 Å². The first kappa shape index (κ1) is 16.5. The summed E-state index contributed by atoms with van der Waals surface area (Å²) in [7, 11) is 0. The predicted molar refractivity (Wildman–Crippen MR) is 77.6 cm³/mol. The zero-order valence-corrected chi connectivity index (χ0v) is 12.9. The summed E-state index contributed by atoms with van der Waals surface area (Å²) in [5.74, 6) is -1.84. The highest BCUT2D eigenvalue weighted by molar-refractivity contribution is 6.32. The predicted octanol–water partition coefficient (Wildman–Crippen LogP) is 4.08. The van der Waals surface area contributed by atoms with Crippen molar-refractivity contribution in [1.82, 2.24) is 0 Å². The molecule has 1 aromatic rings. The Kier molecular flexibility index (Phi) is 5.17. The van der Waals surface area contributed by atoms with Crippen molar-refractivity contribution in [2.45, 2.75) is 46.1 Å². The topological polar surface area (TPSA) is 63.6 Å². The Morgan fingerprint density at radius 3 is 2.40 bits per heavy atom. The van der Waals surface area contributed by atoms with Crippen LogP contribution in [0.25, 0.3) is 0 Å². The molecule has 0 radical (unpaired) electrons. The molecule has 110 valence electrons. The number of ether oxygens (including phenoxy) is 1. The quantitative estimate of drug-likeness (QED) is 0.832. The Labute approximate surface area is 123 Å². The van der Waals surface area contributed by atoms with E-state index in [1.165, 1.54) is 12.1 Å². The largest absolute Gasteiger partial charge is 0.478 e. The number of rotatable bonds is 5. The Morgan fingerprint density at radius 1 is 1.30 bits per heavy atom. The van der Waals surface area contributed by atoms with Gasteiger partial charge in [-0.1, -0.05) is 24.9 Å². The molecule has 0 spiro atoms. The second-order valence-corrected chi connectivity index (χ2v) is 5.76. The van der Waals surface area contributed by atoms with E-state index in [0.717, 1.165) is 6.42 Å². The molecule has 0 saturated carbocycles. The van der Waals surface area contributed by atoms with E-state index in [0.29, 0.717) is 17.0 Å². The van der Waals surface area contributed by atoms with Crippen LogP contribution in [0.1, 0.15) is 59.9 Å². The number of aryl methyl sites for hydroxylation is 1. The van der Waals surface area contributed by atoms with E-state index in [-0.39, 0.29) is 11.1 Å². The van der Waals surface area contributed by atoms with Gasteiger partial charge in [0.1, 0.15) is 5.60 Å². The highest BCUT2D eigenvalue weighted by atomic mass is 35.5. The molecule has 5 heteroatoms. The lowest BCUT2D eigenvalue weighted by Gasteiger charge is -2.25. The maximum atomic E-state index is 12.2. The van der Waals surface area contributed by atoms with E-state index >= 15 is 0 Å². The second kappa shape index (κ2) is 6.27. The standard InChI is InChI=1S/C15H19ClO4/c1-5-6-15(3,4)20-14(19)11-8-12(16)9(2)7-10(11)13(17)18/h7-8H,5-6H2,1-4H3,(H,17,18). The summed E-state index contributed by atoms with van der Waals surface area (Å²) in [5.41, 5.74) is -0.145. The number of hydrogen-bond acceptors (Lipinski definition) is 3. The first-order valence-electron chi connectivity index (χ1n) is 6.44. The summed E-state index contributed by atoms with van der Waals surface area (Å²) in [4.78, 5) is 23.4. The zero-order valence-electron chi connectivity index (χ0n) is 12.1. The summed E-state index contributed by atoms with van der Waals surface area (Å²) in [5, 5.41) is 9.52. The first-order chi connectivity index (χ1) is 9.18. The van der Waals surface area contributed by atoms with Gasteiger partial charge in [0.2, 0.25) is 0 Å². The van der Waals surface area contributed by atoms with Gasteiger partial charge in [0.15, 0.2) is 0 Å². The average Bonchev–Trinajstić information content (AvgIpc) is 2.30. The smallest absolute Gasteiger partial charge is 0.339 e. The Bertz CT molecular complexity index is 535. The van der Waals surface area contributed by atoms with Crippen LogP contribution in [0.5, 0.6) is 0 Å². The molecule has 1 aromatic carbocycles. The molecule has 0 fully saturated rings. The number of halogens is 1. The maximum absolute atomic E-state index is 12.2. The maximum Gasteiger partial charge on any atom is 0.339 e. The van der Waals surface area contributed by atoms with Crippen LogP contribution in [-0.4, -0.2) is 22.6 Å². The summed E-state index contributed by atoms with van der Waals surface area (Å²) in [6.45, 7) is 7.27. The lowest BCUT2D eigenvalue weighted by Crippen LogP contribution is -2.28. The summed E-state index contributed by atoms with van der Waals surface area (Å²) < 4.78 is 5.39. The van der Waals surface area contributed by atoms with E-state index < -0.39 is 17.5 Å². The van der Waals surface area contributed by atoms with Crippen molar-refractivity contribution < 1.29 is 19.4 Å². The van der Waals surface area contributed by atoms with Crippen molar-refractivity contribution in [1.29, 1.82) is 0 Å². The fourth-order valence-corrected chi connectivity index (χ4v) is 2.15. The van der Waals surface area contributed by atoms with Crippen LogP contribution in [0.4, 0.5) is 0 Å². The summed E-state index contributed by atoms with van der Waals surface area (Å²) >= 11 is 5.97. The van der Waals surface area contributed by atoms with Gasteiger partial charge in [-0.2, -0.15) is 0 Å². The molecule has 1 N–H and O–H groups in total. The highest BCUT2D eigenvalue weighted by Gasteiger charge is 2.26. The molecule has 0 amide bonds. The van der Waals surface area contributed by atoms with Crippen LogP contribution in [0.2, 0.25) is 5.02 Å². The lowest BCUT2D eigenvalue weighted by atomic mass is 10.0. The molecular formula is C15H19ClO4. The molecule has 0 saturated heterocycles. The van der Waals surface area contributed by atoms with Gasteiger partial charge in [0.25, 0.3) is 0 Å². The van der Waals surface area contributed by atoms with E-state index in [1.54, 1.807) is 20.8 Å². The monoisotopic (exact) mass is 298 g/mol. The molecule has 0 bridgehead atoms. The third-order valence-electron chi connectivity index (χ3n) is 2.97. The molecule has 0 unspecified atom stereocenters. The Hall–Kier alpha value is -1.55. The normalized spacial score (nSPS) is 11.2. The van der Waals surface area contributed by atoms with Gasteiger partial charge in [-0.05, 0) is 44.9 Å². The van der Waals surface area contributed by atoms with E-state index in [2.05, 4.69) is 0 Å². The molecule has 1 rings (SSSR count).